The highest BCUT2D eigenvalue weighted by atomic mass is 32.2. The highest BCUT2D eigenvalue weighted by Gasteiger charge is 2.31. The molecule has 0 atom stereocenters. The Hall–Kier alpha value is -0.950. The normalized spacial score (nSPS) is 16.9. The lowest BCUT2D eigenvalue weighted by molar-refractivity contribution is 0.352. The Labute approximate surface area is 121 Å². The summed E-state index contributed by atoms with van der Waals surface area (Å²) in [6, 6.07) is 9.70. The summed E-state index contributed by atoms with van der Waals surface area (Å²) in [5, 5.41) is 0. The molecule has 0 unspecified atom stereocenters. The van der Waals surface area contributed by atoms with Crippen LogP contribution in [0, 0.1) is 0 Å². The van der Waals surface area contributed by atoms with Crippen molar-refractivity contribution in [3.63, 3.8) is 0 Å². The largest absolute Gasteiger partial charge is 0.330 e. The number of benzene rings is 1. The first-order valence-corrected chi connectivity index (χ1v) is 8.53. The van der Waals surface area contributed by atoms with Gasteiger partial charge < -0.3 is 5.73 Å². The second kappa shape index (κ2) is 7.17. The number of hydrogen-bond donors (Lipinski definition) is 1. The smallest absolute Gasteiger partial charge is 0.282 e. The minimum absolute atomic E-state index is 0.416. The average Bonchev–Trinajstić information content (AvgIpc) is 2.99. The lowest BCUT2D eigenvalue weighted by Gasteiger charge is -2.27. The van der Waals surface area contributed by atoms with Crippen LogP contribution in [-0.2, 0) is 16.8 Å². The van der Waals surface area contributed by atoms with E-state index in [-0.39, 0.29) is 0 Å². The van der Waals surface area contributed by atoms with Crippen LogP contribution in [0.15, 0.2) is 30.3 Å². The molecule has 1 aromatic carbocycles. The zero-order valence-electron chi connectivity index (χ0n) is 11.7. The zero-order chi connectivity index (χ0) is 14.4. The number of hydrogen-bond acceptors (Lipinski definition) is 3. The van der Waals surface area contributed by atoms with Crippen molar-refractivity contribution in [2.75, 3.05) is 26.2 Å². The van der Waals surface area contributed by atoms with Crippen LogP contribution in [0.3, 0.4) is 0 Å². The van der Waals surface area contributed by atoms with Gasteiger partial charge in [0.2, 0.25) is 0 Å². The molecule has 0 radical (unpaired) electrons. The number of nitrogens with two attached hydrogens (primary N) is 1. The summed E-state index contributed by atoms with van der Waals surface area (Å²) in [5.74, 6) is 0. The Morgan fingerprint density at radius 1 is 1.15 bits per heavy atom. The van der Waals surface area contributed by atoms with E-state index in [1.807, 2.05) is 30.3 Å². The van der Waals surface area contributed by atoms with Crippen LogP contribution in [0.2, 0.25) is 0 Å². The first-order valence-electron chi connectivity index (χ1n) is 7.14. The Bertz CT molecular complexity index is 498. The molecule has 1 aliphatic rings. The molecule has 1 aromatic rings. The second-order valence-corrected chi connectivity index (χ2v) is 7.00. The molecule has 20 heavy (non-hydrogen) atoms. The molecule has 2 rings (SSSR count). The maximum Gasteiger partial charge on any atom is 0.282 e. The Kier molecular flexibility index (Phi) is 5.54. The summed E-state index contributed by atoms with van der Waals surface area (Å²) in [6.45, 7) is 2.66. The minimum atomic E-state index is -3.36. The summed E-state index contributed by atoms with van der Waals surface area (Å²) in [5.41, 5.74) is 6.54. The van der Waals surface area contributed by atoms with E-state index in [9.17, 15) is 8.42 Å². The van der Waals surface area contributed by atoms with Gasteiger partial charge in [-0.15, -0.1) is 0 Å². The first kappa shape index (κ1) is 15.4. The average molecular weight is 297 g/mol. The summed E-state index contributed by atoms with van der Waals surface area (Å²) in [6.07, 6.45) is 2.59. The monoisotopic (exact) mass is 297 g/mol. The van der Waals surface area contributed by atoms with E-state index < -0.39 is 10.2 Å². The third-order valence-electron chi connectivity index (χ3n) is 3.53. The quantitative estimate of drug-likeness (QED) is 0.822. The molecule has 0 amide bonds. The van der Waals surface area contributed by atoms with Crippen molar-refractivity contribution in [3.05, 3.63) is 35.9 Å². The van der Waals surface area contributed by atoms with Crippen LogP contribution in [0.4, 0.5) is 0 Å². The fraction of sp³-hybridized carbons (Fsp3) is 0.571. The molecule has 1 saturated heterocycles. The maximum atomic E-state index is 12.7. The third-order valence-corrected chi connectivity index (χ3v) is 5.51. The van der Waals surface area contributed by atoms with Gasteiger partial charge in [-0.05, 0) is 31.4 Å². The molecule has 0 aromatic heterocycles. The topological polar surface area (TPSA) is 66.6 Å². The minimum Gasteiger partial charge on any atom is -0.330 e. The fourth-order valence-corrected chi connectivity index (χ4v) is 4.13. The molecule has 0 aliphatic carbocycles. The van der Waals surface area contributed by atoms with Crippen LogP contribution in [0.1, 0.15) is 24.8 Å². The summed E-state index contributed by atoms with van der Waals surface area (Å²) in [7, 11) is -3.36. The predicted molar refractivity (Wildman–Crippen MR) is 80.3 cm³/mol. The molecule has 1 heterocycles. The van der Waals surface area contributed by atoms with Crippen molar-refractivity contribution in [2.24, 2.45) is 5.73 Å². The van der Waals surface area contributed by atoms with Gasteiger partial charge >= 0.3 is 0 Å². The SMILES string of the molecule is NCCCN(Cc1ccccc1)S(=O)(=O)N1CCCC1. The lowest BCUT2D eigenvalue weighted by Crippen LogP contribution is -2.42. The molecular formula is C14H23N3O2S. The van der Waals surface area contributed by atoms with E-state index in [0.29, 0.717) is 39.1 Å². The maximum absolute atomic E-state index is 12.7. The van der Waals surface area contributed by atoms with Crippen molar-refractivity contribution in [1.82, 2.24) is 8.61 Å². The van der Waals surface area contributed by atoms with Gasteiger partial charge in [-0.3, -0.25) is 0 Å². The van der Waals surface area contributed by atoms with Gasteiger partial charge in [0.1, 0.15) is 0 Å². The highest BCUT2D eigenvalue weighted by molar-refractivity contribution is 7.86. The van der Waals surface area contributed by atoms with E-state index in [1.54, 1.807) is 8.61 Å². The van der Waals surface area contributed by atoms with Gasteiger partial charge in [0.05, 0.1) is 0 Å². The van der Waals surface area contributed by atoms with Crippen molar-refractivity contribution in [1.29, 1.82) is 0 Å². The van der Waals surface area contributed by atoms with Crippen LogP contribution < -0.4 is 5.73 Å². The second-order valence-electron chi connectivity index (χ2n) is 5.08. The molecule has 112 valence electrons. The van der Waals surface area contributed by atoms with Crippen LogP contribution in [0.25, 0.3) is 0 Å². The van der Waals surface area contributed by atoms with Gasteiger partial charge in [0.15, 0.2) is 0 Å². The molecule has 1 fully saturated rings. The van der Waals surface area contributed by atoms with Crippen LogP contribution in [-0.4, -0.2) is 43.2 Å². The Morgan fingerprint density at radius 2 is 1.80 bits per heavy atom. The molecule has 1 aliphatic heterocycles. The molecule has 0 saturated carbocycles. The van der Waals surface area contributed by atoms with E-state index in [4.69, 9.17) is 5.73 Å². The molecular weight excluding hydrogens is 274 g/mol. The zero-order valence-corrected chi connectivity index (χ0v) is 12.6. The van der Waals surface area contributed by atoms with Crippen LogP contribution >= 0.6 is 0 Å². The lowest BCUT2D eigenvalue weighted by atomic mass is 10.2. The van der Waals surface area contributed by atoms with Crippen molar-refractivity contribution in [2.45, 2.75) is 25.8 Å². The van der Waals surface area contributed by atoms with Gasteiger partial charge in [0, 0.05) is 26.2 Å². The van der Waals surface area contributed by atoms with Crippen LogP contribution in [0.5, 0.6) is 0 Å². The van der Waals surface area contributed by atoms with Crippen molar-refractivity contribution >= 4 is 10.2 Å². The van der Waals surface area contributed by atoms with E-state index in [2.05, 4.69) is 0 Å². The molecule has 2 N–H and O–H groups in total. The van der Waals surface area contributed by atoms with Gasteiger partial charge in [0.25, 0.3) is 10.2 Å². The molecule has 5 nitrogen and oxygen atoms in total. The predicted octanol–water partition coefficient (Wildman–Crippen LogP) is 1.18. The number of nitrogens with zero attached hydrogens (tertiary/aromatic N) is 2. The molecule has 0 spiro atoms. The van der Waals surface area contributed by atoms with E-state index >= 15 is 0 Å². The Balaban J connectivity index is 2.13. The third kappa shape index (κ3) is 3.79. The Morgan fingerprint density at radius 3 is 2.40 bits per heavy atom. The highest BCUT2D eigenvalue weighted by Crippen LogP contribution is 2.19. The van der Waals surface area contributed by atoms with Gasteiger partial charge in [-0.25, -0.2) is 0 Å². The van der Waals surface area contributed by atoms with Gasteiger partial charge in [-0.2, -0.15) is 17.0 Å². The summed E-state index contributed by atoms with van der Waals surface area (Å²) in [4.78, 5) is 0. The summed E-state index contributed by atoms with van der Waals surface area (Å²) < 4.78 is 28.5. The molecule has 6 heteroatoms. The molecule has 0 bridgehead atoms. The first-order chi connectivity index (χ1) is 9.64. The van der Waals surface area contributed by atoms with Gasteiger partial charge in [-0.1, -0.05) is 30.3 Å². The van der Waals surface area contributed by atoms with E-state index in [1.165, 1.54) is 0 Å². The van der Waals surface area contributed by atoms with E-state index in [0.717, 1.165) is 18.4 Å². The standard InChI is InChI=1S/C14H23N3O2S/c15-9-6-12-17(13-14-7-2-1-3-8-14)20(18,19)16-10-4-5-11-16/h1-3,7-8H,4-6,9-13,15H2. The van der Waals surface area contributed by atoms with Crippen molar-refractivity contribution < 1.29 is 8.42 Å². The summed E-state index contributed by atoms with van der Waals surface area (Å²) >= 11 is 0. The van der Waals surface area contributed by atoms with Crippen molar-refractivity contribution in [3.8, 4) is 0 Å². The number of rotatable bonds is 7. The fourth-order valence-electron chi connectivity index (χ4n) is 2.41.